The lowest BCUT2D eigenvalue weighted by Crippen LogP contribution is -2.11. The maximum Gasteiger partial charge on any atom is 0.303 e. The van der Waals surface area contributed by atoms with Gasteiger partial charge >= 0.3 is 5.97 Å². The molecule has 2 N–H and O–H groups in total. The minimum atomic E-state index is -0.768. The summed E-state index contributed by atoms with van der Waals surface area (Å²) in [4.78, 5) is 24.0. The van der Waals surface area contributed by atoms with E-state index in [1.54, 1.807) is 11.8 Å². The number of benzene rings is 2. The van der Waals surface area contributed by atoms with Crippen LogP contribution >= 0.6 is 23.5 Å². The van der Waals surface area contributed by atoms with Crippen LogP contribution in [0.25, 0.3) is 0 Å². The van der Waals surface area contributed by atoms with Crippen molar-refractivity contribution in [3.63, 3.8) is 0 Å². The number of aliphatic carboxylic acids is 1. The number of thioether (sulfide) groups is 2. The van der Waals surface area contributed by atoms with E-state index >= 15 is 0 Å². The highest BCUT2D eigenvalue weighted by molar-refractivity contribution is 7.99. The highest BCUT2D eigenvalue weighted by Gasteiger charge is 2.07. The molecule has 2 aromatic carbocycles. The lowest BCUT2D eigenvalue weighted by molar-refractivity contribution is -0.137. The fourth-order valence-corrected chi connectivity index (χ4v) is 5.39. The Bertz CT molecular complexity index is 814. The van der Waals surface area contributed by atoms with Crippen LogP contribution in [0, 0.1) is 0 Å². The zero-order valence-electron chi connectivity index (χ0n) is 19.5. The molecule has 1 amide bonds. The van der Waals surface area contributed by atoms with Crippen molar-refractivity contribution < 1.29 is 14.7 Å². The molecule has 0 fully saturated rings. The Labute approximate surface area is 207 Å². The van der Waals surface area contributed by atoms with Gasteiger partial charge in [0, 0.05) is 23.5 Å². The molecule has 0 bridgehead atoms. The summed E-state index contributed by atoms with van der Waals surface area (Å²) < 4.78 is 0. The molecule has 0 aliphatic carbocycles. The summed E-state index contributed by atoms with van der Waals surface area (Å²) >= 11 is 3.61. The molecule has 0 saturated carbocycles. The van der Waals surface area contributed by atoms with Gasteiger partial charge in [-0.05, 0) is 48.5 Å². The summed E-state index contributed by atoms with van der Waals surface area (Å²) in [5, 5.41) is 11.8. The number of carbonyl (C=O) groups excluding carboxylic acids is 1. The smallest absolute Gasteiger partial charge is 0.303 e. The molecule has 0 radical (unpaired) electrons. The van der Waals surface area contributed by atoms with Crippen LogP contribution in [0.15, 0.2) is 59.5 Å². The number of amides is 1. The second kappa shape index (κ2) is 17.5. The highest BCUT2D eigenvalue weighted by Crippen LogP contribution is 2.28. The summed E-state index contributed by atoms with van der Waals surface area (Å²) in [6.07, 6.45) is 9.68. The molecule has 0 aromatic heterocycles. The van der Waals surface area contributed by atoms with Crippen molar-refractivity contribution in [1.82, 2.24) is 0 Å². The van der Waals surface area contributed by atoms with E-state index < -0.39 is 5.97 Å². The quantitative estimate of drug-likeness (QED) is 0.167. The molecule has 0 saturated heterocycles. The Balaban J connectivity index is 1.46. The average molecular weight is 488 g/mol. The Morgan fingerprint density at radius 3 is 2.15 bits per heavy atom. The van der Waals surface area contributed by atoms with E-state index in [1.807, 2.05) is 36.0 Å². The van der Waals surface area contributed by atoms with Crippen molar-refractivity contribution in [3.05, 3.63) is 60.2 Å². The van der Waals surface area contributed by atoms with E-state index in [0.29, 0.717) is 12.8 Å². The van der Waals surface area contributed by atoms with Gasteiger partial charge in [-0.15, -0.1) is 11.8 Å². The third kappa shape index (κ3) is 13.4. The average Bonchev–Trinajstić information content (AvgIpc) is 2.82. The first-order chi connectivity index (χ1) is 16.1. The van der Waals surface area contributed by atoms with Crippen molar-refractivity contribution in [2.24, 2.45) is 0 Å². The van der Waals surface area contributed by atoms with Gasteiger partial charge in [-0.2, -0.15) is 11.8 Å². The zero-order valence-corrected chi connectivity index (χ0v) is 21.1. The van der Waals surface area contributed by atoms with Crippen LogP contribution in [0.2, 0.25) is 0 Å². The van der Waals surface area contributed by atoms with Gasteiger partial charge in [0.1, 0.15) is 0 Å². The van der Waals surface area contributed by atoms with Crippen molar-refractivity contribution in [2.75, 3.05) is 16.8 Å². The molecule has 0 heterocycles. The van der Waals surface area contributed by atoms with E-state index in [1.165, 1.54) is 43.4 Å². The molecular weight excluding hydrogens is 450 g/mol. The Morgan fingerprint density at radius 2 is 1.39 bits per heavy atom. The van der Waals surface area contributed by atoms with Crippen molar-refractivity contribution in [3.8, 4) is 0 Å². The minimum absolute atomic E-state index is 0.0593. The molecule has 0 aliphatic heterocycles. The summed E-state index contributed by atoms with van der Waals surface area (Å²) in [7, 11) is 0. The fraction of sp³-hybridized carbons (Fsp3) is 0.481. The summed E-state index contributed by atoms with van der Waals surface area (Å²) in [6, 6.07) is 18.4. The first-order valence-electron chi connectivity index (χ1n) is 12.0. The molecule has 33 heavy (non-hydrogen) atoms. The van der Waals surface area contributed by atoms with Crippen LogP contribution < -0.4 is 5.32 Å². The SMILES string of the molecule is O=C(O)CCCSc1ccccc1NC(=O)CCCCCCCCCSCc1ccccc1. The second-order valence-electron chi connectivity index (χ2n) is 8.15. The molecule has 6 heteroatoms. The van der Waals surface area contributed by atoms with Crippen LogP contribution in [0.4, 0.5) is 5.69 Å². The van der Waals surface area contributed by atoms with Crippen LogP contribution in [0.5, 0.6) is 0 Å². The number of carboxylic acid groups (broad SMARTS) is 1. The van der Waals surface area contributed by atoms with E-state index in [-0.39, 0.29) is 12.3 Å². The van der Waals surface area contributed by atoms with Crippen LogP contribution in [-0.2, 0) is 15.3 Å². The van der Waals surface area contributed by atoms with Gasteiger partial charge in [0.2, 0.25) is 5.91 Å². The topological polar surface area (TPSA) is 66.4 Å². The number of carboxylic acids is 1. The standard InChI is InChI=1S/C27H37NO3S2/c29-26(28-24-16-10-11-17-25(24)33-21-13-19-27(30)31)18-9-4-2-1-3-5-12-20-32-22-23-14-7-6-8-15-23/h6-8,10-11,14-17H,1-5,9,12-13,18-22H2,(H,28,29)(H,30,31). The van der Waals surface area contributed by atoms with E-state index in [0.717, 1.165) is 34.9 Å². The number of carbonyl (C=O) groups is 2. The van der Waals surface area contributed by atoms with Crippen LogP contribution in [0.3, 0.4) is 0 Å². The predicted molar refractivity (Wildman–Crippen MR) is 142 cm³/mol. The van der Waals surface area contributed by atoms with E-state index in [4.69, 9.17) is 5.11 Å². The fourth-order valence-electron chi connectivity index (χ4n) is 3.45. The molecule has 0 aliphatic rings. The molecule has 0 atom stereocenters. The first kappa shape index (κ1) is 27.3. The van der Waals surface area contributed by atoms with Crippen molar-refractivity contribution >= 4 is 41.1 Å². The van der Waals surface area contributed by atoms with E-state index in [2.05, 4.69) is 35.6 Å². The lowest BCUT2D eigenvalue weighted by atomic mass is 10.1. The lowest BCUT2D eigenvalue weighted by Gasteiger charge is -2.10. The van der Waals surface area contributed by atoms with Crippen LogP contribution in [-0.4, -0.2) is 28.5 Å². The number of hydrogen-bond donors (Lipinski definition) is 2. The van der Waals surface area contributed by atoms with Crippen molar-refractivity contribution in [1.29, 1.82) is 0 Å². The molecular formula is C27H37NO3S2. The molecule has 0 spiro atoms. The highest BCUT2D eigenvalue weighted by atomic mass is 32.2. The summed E-state index contributed by atoms with van der Waals surface area (Å²) in [5.74, 6) is 2.36. The van der Waals surface area contributed by atoms with Gasteiger partial charge in [-0.1, -0.05) is 74.6 Å². The number of para-hydroxylation sites is 1. The van der Waals surface area contributed by atoms with Gasteiger partial charge in [-0.25, -0.2) is 0 Å². The van der Waals surface area contributed by atoms with Gasteiger partial charge in [-0.3, -0.25) is 9.59 Å². The normalized spacial score (nSPS) is 10.8. The second-order valence-corrected chi connectivity index (χ2v) is 10.4. The summed E-state index contributed by atoms with van der Waals surface area (Å²) in [6.45, 7) is 0. The maximum atomic E-state index is 12.3. The Morgan fingerprint density at radius 1 is 0.727 bits per heavy atom. The molecule has 2 aromatic rings. The molecule has 2 rings (SSSR count). The van der Waals surface area contributed by atoms with Gasteiger partial charge < -0.3 is 10.4 Å². The van der Waals surface area contributed by atoms with Gasteiger partial charge in [0.25, 0.3) is 0 Å². The third-order valence-corrected chi connectivity index (χ3v) is 7.53. The predicted octanol–water partition coefficient (Wildman–Crippen LogP) is 7.64. The number of unbranched alkanes of at least 4 members (excludes halogenated alkanes) is 6. The number of nitrogens with one attached hydrogen (secondary N) is 1. The number of hydrogen-bond acceptors (Lipinski definition) is 4. The molecule has 0 unspecified atom stereocenters. The zero-order chi connectivity index (χ0) is 23.6. The number of anilines is 1. The molecule has 4 nitrogen and oxygen atoms in total. The maximum absolute atomic E-state index is 12.3. The Hall–Kier alpha value is -1.92. The van der Waals surface area contributed by atoms with Gasteiger partial charge in [0.15, 0.2) is 0 Å². The molecule has 180 valence electrons. The summed E-state index contributed by atoms with van der Waals surface area (Å²) in [5.41, 5.74) is 2.23. The largest absolute Gasteiger partial charge is 0.481 e. The third-order valence-electron chi connectivity index (χ3n) is 5.26. The van der Waals surface area contributed by atoms with Crippen LogP contribution in [0.1, 0.15) is 69.8 Å². The number of rotatable bonds is 18. The first-order valence-corrected chi connectivity index (χ1v) is 14.1. The van der Waals surface area contributed by atoms with Gasteiger partial charge in [0.05, 0.1) is 5.69 Å². The van der Waals surface area contributed by atoms with Crippen molar-refractivity contribution in [2.45, 2.75) is 74.9 Å². The monoisotopic (exact) mass is 487 g/mol. The minimum Gasteiger partial charge on any atom is -0.481 e. The van der Waals surface area contributed by atoms with E-state index in [9.17, 15) is 9.59 Å². The Kier molecular flexibility index (Phi) is 14.5.